The van der Waals surface area contributed by atoms with Crippen LogP contribution in [0.1, 0.15) is 42.2 Å². The first-order valence-electron chi connectivity index (χ1n) is 8.95. The van der Waals surface area contributed by atoms with Crippen LogP contribution < -0.4 is 5.32 Å². The van der Waals surface area contributed by atoms with Gasteiger partial charge in [-0.1, -0.05) is 42.5 Å². The minimum absolute atomic E-state index is 0.0121. The molecule has 0 saturated carbocycles. The lowest BCUT2D eigenvalue weighted by molar-refractivity contribution is -0.122. The van der Waals surface area contributed by atoms with E-state index in [1.807, 2.05) is 30.3 Å². The summed E-state index contributed by atoms with van der Waals surface area (Å²) < 4.78 is 18.6. The Morgan fingerprint density at radius 1 is 1.18 bits per heavy atom. The molecular weight excluding hydrogens is 361 g/mol. The van der Waals surface area contributed by atoms with E-state index < -0.39 is 11.5 Å². The van der Waals surface area contributed by atoms with Gasteiger partial charge in [0.25, 0.3) is 0 Å². The first kappa shape index (κ1) is 19.7. The zero-order valence-electron chi connectivity index (χ0n) is 15.7. The topological polar surface area (TPSA) is 88.2 Å². The van der Waals surface area contributed by atoms with Gasteiger partial charge in [-0.25, -0.2) is 4.39 Å². The Labute approximate surface area is 162 Å². The second kappa shape index (κ2) is 8.31. The molecule has 3 aromatic rings. The molecule has 6 nitrogen and oxygen atoms in total. The maximum absolute atomic E-state index is 13.1. The molecule has 0 aliphatic rings. The molecule has 2 atom stereocenters. The third kappa shape index (κ3) is 4.80. The van der Waals surface area contributed by atoms with Crippen molar-refractivity contribution in [1.82, 2.24) is 15.5 Å². The minimum atomic E-state index is -1.33. The maximum atomic E-state index is 13.1. The number of nitrogens with one attached hydrogen (secondary N) is 1. The normalized spacial score (nSPS) is 14.3. The van der Waals surface area contributed by atoms with E-state index >= 15 is 0 Å². The van der Waals surface area contributed by atoms with Crippen LogP contribution in [0.2, 0.25) is 0 Å². The highest BCUT2D eigenvalue weighted by molar-refractivity contribution is 5.77. The first-order valence-corrected chi connectivity index (χ1v) is 8.95. The van der Waals surface area contributed by atoms with Crippen LogP contribution in [0.4, 0.5) is 4.39 Å². The number of nitrogens with zero attached hydrogens (tertiary/aromatic N) is 2. The van der Waals surface area contributed by atoms with E-state index in [9.17, 15) is 14.3 Å². The fourth-order valence-corrected chi connectivity index (χ4v) is 2.93. The van der Waals surface area contributed by atoms with Crippen molar-refractivity contribution in [3.8, 4) is 0 Å². The molecule has 1 heterocycles. The molecule has 1 aromatic heterocycles. The average Bonchev–Trinajstić information content (AvgIpc) is 3.11. The van der Waals surface area contributed by atoms with Gasteiger partial charge in [0.05, 0.1) is 12.5 Å². The second-order valence-electron chi connectivity index (χ2n) is 6.88. The Kier molecular flexibility index (Phi) is 5.84. The molecule has 0 saturated heterocycles. The zero-order chi connectivity index (χ0) is 20.1. The number of halogens is 1. The highest BCUT2D eigenvalue weighted by Gasteiger charge is 2.27. The van der Waals surface area contributed by atoms with Gasteiger partial charge in [-0.05, 0) is 30.2 Å². The Balaban J connectivity index is 1.69. The van der Waals surface area contributed by atoms with E-state index in [2.05, 4.69) is 15.5 Å². The van der Waals surface area contributed by atoms with Crippen LogP contribution in [0.25, 0.3) is 0 Å². The summed E-state index contributed by atoms with van der Waals surface area (Å²) in [5.74, 6) is -0.255. The summed E-state index contributed by atoms with van der Waals surface area (Å²) in [7, 11) is 0. The van der Waals surface area contributed by atoms with Gasteiger partial charge in [0.2, 0.25) is 17.7 Å². The number of aliphatic hydroxyl groups is 1. The van der Waals surface area contributed by atoms with Crippen LogP contribution >= 0.6 is 0 Å². The van der Waals surface area contributed by atoms with Gasteiger partial charge >= 0.3 is 0 Å². The smallest absolute Gasteiger partial charge is 0.224 e. The summed E-state index contributed by atoms with van der Waals surface area (Å²) in [6.07, 6.45) is 0.0884. The van der Waals surface area contributed by atoms with Gasteiger partial charge in [-0.2, -0.15) is 0 Å². The van der Waals surface area contributed by atoms with Crippen LogP contribution in [0.5, 0.6) is 0 Å². The fourth-order valence-electron chi connectivity index (χ4n) is 2.93. The Morgan fingerprint density at radius 3 is 2.46 bits per heavy atom. The predicted molar refractivity (Wildman–Crippen MR) is 101 cm³/mol. The molecule has 2 aromatic carbocycles. The highest BCUT2D eigenvalue weighted by atomic mass is 19.1. The van der Waals surface area contributed by atoms with Gasteiger partial charge in [-0.15, -0.1) is 10.2 Å². The number of aryl methyl sites for hydroxylation is 1. The number of benzene rings is 2. The van der Waals surface area contributed by atoms with E-state index in [0.29, 0.717) is 17.3 Å². The Morgan fingerprint density at radius 2 is 1.86 bits per heavy atom. The quantitative estimate of drug-likeness (QED) is 0.655. The second-order valence-corrected chi connectivity index (χ2v) is 6.88. The number of hydrogen-bond donors (Lipinski definition) is 2. The predicted octanol–water partition coefficient (Wildman–Crippen LogP) is 3.06. The van der Waals surface area contributed by atoms with Gasteiger partial charge < -0.3 is 14.8 Å². The van der Waals surface area contributed by atoms with Crippen LogP contribution in [0, 0.1) is 12.7 Å². The number of carbonyl (C=O) groups is 1. The lowest BCUT2D eigenvalue weighted by Gasteiger charge is -2.24. The number of aromatic nitrogens is 2. The largest absolute Gasteiger partial charge is 0.425 e. The summed E-state index contributed by atoms with van der Waals surface area (Å²) >= 11 is 0. The molecule has 0 aliphatic heterocycles. The number of rotatable bonds is 7. The molecule has 1 amide bonds. The van der Waals surface area contributed by atoms with E-state index in [0.717, 1.165) is 5.56 Å². The molecule has 28 heavy (non-hydrogen) atoms. The van der Waals surface area contributed by atoms with Crippen molar-refractivity contribution in [2.24, 2.45) is 0 Å². The Hall–Kier alpha value is -3.06. The van der Waals surface area contributed by atoms with Crippen molar-refractivity contribution in [2.75, 3.05) is 6.54 Å². The highest BCUT2D eigenvalue weighted by Crippen LogP contribution is 2.27. The van der Waals surface area contributed by atoms with Crippen molar-refractivity contribution < 1.29 is 18.7 Å². The summed E-state index contributed by atoms with van der Waals surface area (Å²) in [4.78, 5) is 12.6. The third-order valence-electron chi connectivity index (χ3n) is 4.53. The Bertz CT molecular complexity index is 924. The van der Waals surface area contributed by atoms with Crippen LogP contribution in [0.3, 0.4) is 0 Å². The summed E-state index contributed by atoms with van der Waals surface area (Å²) in [5.41, 5.74) is 0.0695. The summed E-state index contributed by atoms with van der Waals surface area (Å²) in [6.45, 7) is 3.25. The average molecular weight is 383 g/mol. The molecular formula is C21H22FN3O3. The van der Waals surface area contributed by atoms with Crippen molar-refractivity contribution >= 4 is 5.91 Å². The lowest BCUT2D eigenvalue weighted by atomic mass is 9.94. The number of carbonyl (C=O) groups excluding carboxylic acids is 1. The fraction of sp³-hybridized carbons (Fsp3) is 0.286. The number of hydrogen-bond acceptors (Lipinski definition) is 5. The molecule has 0 aliphatic carbocycles. The summed E-state index contributed by atoms with van der Waals surface area (Å²) in [6, 6.07) is 15.0. The zero-order valence-corrected chi connectivity index (χ0v) is 15.7. The molecule has 2 N–H and O–H groups in total. The van der Waals surface area contributed by atoms with E-state index in [-0.39, 0.29) is 24.7 Å². The summed E-state index contributed by atoms with van der Waals surface area (Å²) in [5, 5.41) is 21.3. The van der Waals surface area contributed by atoms with Gasteiger partial charge in [0.15, 0.2) is 0 Å². The first-order chi connectivity index (χ1) is 13.3. The molecule has 146 valence electrons. The van der Waals surface area contributed by atoms with Crippen LogP contribution in [-0.2, 0) is 10.4 Å². The third-order valence-corrected chi connectivity index (χ3v) is 4.53. The van der Waals surface area contributed by atoms with Crippen molar-refractivity contribution in [1.29, 1.82) is 0 Å². The van der Waals surface area contributed by atoms with Crippen LogP contribution in [-0.4, -0.2) is 27.8 Å². The van der Waals surface area contributed by atoms with Crippen molar-refractivity contribution in [3.05, 3.63) is 83.3 Å². The molecule has 7 heteroatoms. The van der Waals surface area contributed by atoms with Crippen molar-refractivity contribution in [2.45, 2.75) is 31.8 Å². The molecule has 0 bridgehead atoms. The molecule has 2 unspecified atom stereocenters. The van der Waals surface area contributed by atoms with Crippen LogP contribution in [0.15, 0.2) is 59.0 Å². The van der Waals surface area contributed by atoms with E-state index in [1.54, 1.807) is 13.8 Å². The number of amides is 1. The van der Waals surface area contributed by atoms with E-state index in [4.69, 9.17) is 4.42 Å². The minimum Gasteiger partial charge on any atom is -0.425 e. The standard InChI is InChI=1S/C21H22FN3O3/c1-14-24-25-20(28-14)18(15-6-4-3-5-7-15)12-19(26)23-13-21(2,27)16-8-10-17(22)11-9-16/h3-11,18,27H,12-13H2,1-2H3,(H,23,26). The molecule has 0 spiro atoms. The monoisotopic (exact) mass is 383 g/mol. The van der Waals surface area contributed by atoms with E-state index in [1.165, 1.54) is 24.3 Å². The van der Waals surface area contributed by atoms with Gasteiger partial charge in [-0.3, -0.25) is 4.79 Å². The van der Waals surface area contributed by atoms with Crippen molar-refractivity contribution in [3.63, 3.8) is 0 Å². The molecule has 0 fully saturated rings. The maximum Gasteiger partial charge on any atom is 0.224 e. The molecule has 0 radical (unpaired) electrons. The molecule has 3 rings (SSSR count). The lowest BCUT2D eigenvalue weighted by Crippen LogP contribution is -2.39. The SMILES string of the molecule is Cc1nnc(C(CC(=O)NCC(C)(O)c2ccc(F)cc2)c2ccccc2)o1. The van der Waals surface area contributed by atoms with Gasteiger partial charge in [0, 0.05) is 13.3 Å². The van der Waals surface area contributed by atoms with Gasteiger partial charge in [0.1, 0.15) is 11.4 Å².